The average Bonchev–Trinajstić information content (AvgIpc) is 2.61. The number of methoxy groups -OCH3 is 1. The molecule has 0 unspecified atom stereocenters. The molecule has 0 bridgehead atoms. The van der Waals surface area contributed by atoms with E-state index < -0.39 is 5.97 Å². The highest BCUT2D eigenvalue weighted by Crippen LogP contribution is 2.23. The van der Waals surface area contributed by atoms with Crippen molar-refractivity contribution in [2.75, 3.05) is 13.7 Å². The van der Waals surface area contributed by atoms with Crippen LogP contribution in [0.3, 0.4) is 0 Å². The van der Waals surface area contributed by atoms with Crippen LogP contribution in [0, 0.1) is 5.21 Å². The summed E-state index contributed by atoms with van der Waals surface area (Å²) in [4.78, 5) is 22.6. The molecule has 0 N–H and O–H groups in total. The molecule has 0 saturated carbocycles. The van der Waals surface area contributed by atoms with Gasteiger partial charge in [-0.1, -0.05) is 0 Å². The van der Waals surface area contributed by atoms with E-state index in [1.54, 1.807) is 30.3 Å². The first kappa shape index (κ1) is 17.2. The fourth-order valence-electron chi connectivity index (χ4n) is 2.11. The summed E-state index contributed by atoms with van der Waals surface area (Å²) in [5.41, 5.74) is 1.43. The minimum absolute atomic E-state index is 0.213. The zero-order valence-electron chi connectivity index (χ0n) is 13.4. The first-order valence-electron chi connectivity index (χ1n) is 7.30. The van der Waals surface area contributed by atoms with Crippen molar-refractivity contribution in [1.29, 1.82) is 0 Å². The second kappa shape index (κ2) is 7.92. The number of hydrogen-bond acceptors (Lipinski definition) is 5. The summed E-state index contributed by atoms with van der Waals surface area (Å²) in [5, 5.41) is 12.3. The number of rotatable bonds is 6. The lowest BCUT2D eigenvalue weighted by Crippen LogP contribution is -2.04. The highest BCUT2D eigenvalue weighted by Gasteiger charge is 2.12. The molecule has 24 heavy (non-hydrogen) atoms. The van der Waals surface area contributed by atoms with Crippen LogP contribution in [0.15, 0.2) is 42.5 Å². The van der Waals surface area contributed by atoms with E-state index in [0.29, 0.717) is 34.5 Å². The molecular weight excluding hydrogens is 310 g/mol. The van der Waals surface area contributed by atoms with Crippen LogP contribution in [0.25, 0.3) is 0 Å². The predicted octanol–water partition coefficient (Wildman–Crippen LogP) is 2.95. The molecule has 2 aromatic carbocycles. The van der Waals surface area contributed by atoms with Crippen molar-refractivity contribution in [3.63, 3.8) is 0 Å². The summed E-state index contributed by atoms with van der Waals surface area (Å²) < 4.78 is 10.5. The first-order chi connectivity index (χ1) is 11.6. The molecular formula is C18H17NO5. The maximum absolute atomic E-state index is 12.3. The van der Waals surface area contributed by atoms with Gasteiger partial charge in [-0.3, -0.25) is 4.79 Å². The van der Waals surface area contributed by atoms with Crippen molar-refractivity contribution in [2.45, 2.75) is 6.92 Å². The van der Waals surface area contributed by atoms with E-state index in [9.17, 15) is 14.8 Å². The van der Waals surface area contributed by atoms with Crippen LogP contribution in [0.4, 0.5) is 5.69 Å². The Morgan fingerprint density at radius 2 is 1.92 bits per heavy atom. The van der Waals surface area contributed by atoms with Gasteiger partial charge in [-0.25, -0.2) is 4.79 Å². The highest BCUT2D eigenvalue weighted by molar-refractivity contribution is 5.90. The topological polar surface area (TPSA) is 78.7 Å². The van der Waals surface area contributed by atoms with Crippen LogP contribution in [0.5, 0.6) is 5.75 Å². The monoisotopic (exact) mass is 327 g/mol. The number of benzene rings is 2. The minimum atomic E-state index is -0.449. The third kappa shape index (κ3) is 3.98. The predicted molar refractivity (Wildman–Crippen MR) is 89.2 cm³/mol. The zero-order chi connectivity index (χ0) is 17.5. The summed E-state index contributed by atoms with van der Waals surface area (Å²) in [6, 6.07) is 11.0. The van der Waals surface area contributed by atoms with E-state index in [1.807, 2.05) is 6.92 Å². The van der Waals surface area contributed by atoms with E-state index in [1.165, 1.54) is 25.5 Å². The Labute approximate surface area is 139 Å². The van der Waals surface area contributed by atoms with E-state index in [4.69, 9.17) is 4.74 Å². The number of carbonyl (C=O) groups is 2. The van der Waals surface area contributed by atoms with Gasteiger partial charge in [0.05, 0.1) is 24.8 Å². The summed E-state index contributed by atoms with van der Waals surface area (Å²) >= 11 is 0. The van der Waals surface area contributed by atoms with Crippen molar-refractivity contribution in [1.82, 2.24) is 0 Å². The maximum Gasteiger partial charge on any atom is 0.337 e. The van der Waals surface area contributed by atoms with Crippen molar-refractivity contribution in [3.8, 4) is 5.75 Å². The zero-order valence-corrected chi connectivity index (χ0v) is 13.4. The first-order valence-corrected chi connectivity index (χ1v) is 7.30. The Morgan fingerprint density at radius 3 is 2.50 bits per heavy atom. The van der Waals surface area contributed by atoms with Gasteiger partial charge in [0.2, 0.25) is 5.69 Å². The number of hydrogen-bond donors (Lipinski definition) is 0. The molecule has 0 aliphatic carbocycles. The standard InChI is InChI=1S/C18H17NO5/c1-3-24-16-8-9-17(15(10-16)12-20)19(22)11-13-4-6-14(7-5-13)18(21)23-2/h4-12H,3H2,1-2H3. The number of nitrogens with zero attached hydrogens (tertiary/aromatic N) is 1. The van der Waals surface area contributed by atoms with Gasteiger partial charge in [0, 0.05) is 11.6 Å². The Hall–Kier alpha value is -3.15. The van der Waals surface area contributed by atoms with Crippen molar-refractivity contribution < 1.29 is 23.8 Å². The van der Waals surface area contributed by atoms with Crippen LogP contribution in [-0.4, -0.2) is 36.9 Å². The van der Waals surface area contributed by atoms with Crippen LogP contribution < -0.4 is 4.74 Å². The van der Waals surface area contributed by atoms with Gasteiger partial charge in [-0.05, 0) is 43.3 Å². The van der Waals surface area contributed by atoms with Crippen molar-refractivity contribution in [3.05, 3.63) is 64.4 Å². The summed E-state index contributed by atoms with van der Waals surface area (Å²) in [6.07, 6.45) is 1.93. The van der Waals surface area contributed by atoms with Crippen LogP contribution in [-0.2, 0) is 4.74 Å². The van der Waals surface area contributed by atoms with Crippen LogP contribution in [0.1, 0.15) is 33.2 Å². The maximum atomic E-state index is 12.3. The molecule has 0 aromatic heterocycles. The third-order valence-corrected chi connectivity index (χ3v) is 3.27. The lowest BCUT2D eigenvalue weighted by Gasteiger charge is -2.08. The van der Waals surface area contributed by atoms with Gasteiger partial charge in [0.15, 0.2) is 12.5 Å². The second-order valence-electron chi connectivity index (χ2n) is 4.84. The third-order valence-electron chi connectivity index (χ3n) is 3.27. The van der Waals surface area contributed by atoms with E-state index in [-0.39, 0.29) is 11.3 Å². The molecule has 0 aliphatic rings. The molecule has 0 saturated heterocycles. The number of carbonyl (C=O) groups excluding carboxylic acids is 2. The Kier molecular flexibility index (Phi) is 5.68. The molecule has 0 spiro atoms. The molecule has 0 aliphatic heterocycles. The fourth-order valence-corrected chi connectivity index (χ4v) is 2.11. The van der Waals surface area contributed by atoms with Gasteiger partial charge in [-0.15, -0.1) is 0 Å². The van der Waals surface area contributed by atoms with Gasteiger partial charge in [0.1, 0.15) is 5.75 Å². The Bertz CT molecular complexity index is 765. The van der Waals surface area contributed by atoms with Crippen molar-refractivity contribution in [2.24, 2.45) is 0 Å². The number of aldehydes is 1. The molecule has 0 amide bonds. The van der Waals surface area contributed by atoms with Crippen LogP contribution in [0.2, 0.25) is 0 Å². The average molecular weight is 327 g/mol. The van der Waals surface area contributed by atoms with E-state index >= 15 is 0 Å². The molecule has 2 rings (SSSR count). The normalized spacial score (nSPS) is 11.0. The smallest absolute Gasteiger partial charge is 0.337 e. The Balaban J connectivity index is 2.30. The highest BCUT2D eigenvalue weighted by atomic mass is 16.5. The summed E-state index contributed by atoms with van der Waals surface area (Å²) in [6.45, 7) is 2.30. The largest absolute Gasteiger partial charge is 0.618 e. The molecule has 0 atom stereocenters. The van der Waals surface area contributed by atoms with Crippen molar-refractivity contribution >= 4 is 24.2 Å². The van der Waals surface area contributed by atoms with Gasteiger partial charge in [-0.2, -0.15) is 4.74 Å². The van der Waals surface area contributed by atoms with Gasteiger partial charge < -0.3 is 14.7 Å². The summed E-state index contributed by atoms with van der Waals surface area (Å²) in [7, 11) is 1.30. The van der Waals surface area contributed by atoms with Crippen LogP contribution >= 0.6 is 0 Å². The SMILES string of the molecule is CCOc1ccc([N+]([O-])=Cc2ccc(C(=O)OC)cc2)c(C=O)c1. The molecule has 0 fully saturated rings. The van der Waals surface area contributed by atoms with Gasteiger partial charge >= 0.3 is 5.97 Å². The lowest BCUT2D eigenvalue weighted by atomic mass is 10.1. The summed E-state index contributed by atoms with van der Waals surface area (Å²) in [5.74, 6) is 0.0782. The molecule has 6 nitrogen and oxygen atoms in total. The quantitative estimate of drug-likeness (QED) is 0.203. The second-order valence-corrected chi connectivity index (χ2v) is 4.84. The van der Waals surface area contributed by atoms with Gasteiger partial charge in [0.25, 0.3) is 0 Å². The fraction of sp³-hybridized carbons (Fsp3) is 0.167. The number of ether oxygens (including phenoxy) is 2. The lowest BCUT2D eigenvalue weighted by molar-refractivity contribution is -0.354. The molecule has 124 valence electrons. The van der Waals surface area contributed by atoms with E-state index in [2.05, 4.69) is 4.74 Å². The van der Waals surface area contributed by atoms with E-state index in [0.717, 1.165) is 0 Å². The molecule has 2 aromatic rings. The minimum Gasteiger partial charge on any atom is -0.618 e. The molecule has 6 heteroatoms. The Morgan fingerprint density at radius 1 is 1.21 bits per heavy atom. The molecule has 0 heterocycles. The number of esters is 1. The molecule has 0 radical (unpaired) electrons.